The molecule has 1 aliphatic heterocycles. The van der Waals surface area contributed by atoms with Crippen molar-refractivity contribution in [2.24, 2.45) is 5.41 Å². The predicted molar refractivity (Wildman–Crippen MR) is 70.4 cm³/mol. The van der Waals surface area contributed by atoms with Crippen LogP contribution in [-0.2, 0) is 9.63 Å². The highest BCUT2D eigenvalue weighted by atomic mass is 16.7. The zero-order valence-corrected chi connectivity index (χ0v) is 11.8. The van der Waals surface area contributed by atoms with Crippen molar-refractivity contribution in [1.29, 1.82) is 0 Å². The molecule has 1 aromatic heterocycles. The number of ether oxygens (including phenoxy) is 1. The van der Waals surface area contributed by atoms with E-state index >= 15 is 0 Å². The van der Waals surface area contributed by atoms with Crippen LogP contribution in [0.2, 0.25) is 0 Å². The first-order valence-electron chi connectivity index (χ1n) is 6.40. The summed E-state index contributed by atoms with van der Waals surface area (Å²) >= 11 is 0. The maximum atomic E-state index is 12.3. The smallest absolute Gasteiger partial charge is 0.252 e. The van der Waals surface area contributed by atoms with Gasteiger partial charge in [0.1, 0.15) is 0 Å². The van der Waals surface area contributed by atoms with Gasteiger partial charge < -0.3 is 4.74 Å². The van der Waals surface area contributed by atoms with E-state index in [0.29, 0.717) is 12.5 Å². The van der Waals surface area contributed by atoms with Gasteiger partial charge in [-0.15, -0.1) is 0 Å². The number of methoxy groups -OCH3 is 1. The third-order valence-electron chi connectivity index (χ3n) is 3.10. The number of hydrogen-bond donors (Lipinski definition) is 0. The zero-order valence-electron chi connectivity index (χ0n) is 11.8. The van der Waals surface area contributed by atoms with Crippen molar-refractivity contribution < 1.29 is 14.4 Å². The molecule has 0 aromatic carbocycles. The Kier molecular flexibility index (Phi) is 3.75. The molecule has 2 heterocycles. The molecule has 1 saturated heterocycles. The first-order valence-corrected chi connectivity index (χ1v) is 6.40. The molecule has 1 amide bonds. The lowest BCUT2D eigenvalue weighted by atomic mass is 9.94. The number of amides is 1. The third kappa shape index (κ3) is 2.87. The normalized spacial score (nSPS) is 19.6. The van der Waals surface area contributed by atoms with E-state index in [2.05, 4.69) is 4.98 Å². The van der Waals surface area contributed by atoms with Gasteiger partial charge in [-0.05, 0) is 11.6 Å². The molecule has 0 N–H and O–H groups in total. The van der Waals surface area contributed by atoms with Crippen LogP contribution in [0.15, 0.2) is 18.3 Å². The van der Waals surface area contributed by atoms with Crippen molar-refractivity contribution in [1.82, 2.24) is 10.0 Å². The van der Waals surface area contributed by atoms with Crippen molar-refractivity contribution in [2.45, 2.75) is 33.2 Å². The van der Waals surface area contributed by atoms with E-state index in [9.17, 15) is 4.79 Å². The van der Waals surface area contributed by atoms with E-state index in [1.165, 1.54) is 5.06 Å². The molecule has 19 heavy (non-hydrogen) atoms. The zero-order chi connectivity index (χ0) is 14.0. The Morgan fingerprint density at radius 3 is 2.74 bits per heavy atom. The maximum absolute atomic E-state index is 12.3. The summed E-state index contributed by atoms with van der Waals surface area (Å²) in [7, 11) is 1.58. The van der Waals surface area contributed by atoms with Gasteiger partial charge >= 0.3 is 0 Å². The van der Waals surface area contributed by atoms with E-state index in [-0.39, 0.29) is 11.9 Å². The van der Waals surface area contributed by atoms with Crippen LogP contribution in [-0.4, -0.2) is 29.7 Å². The van der Waals surface area contributed by atoms with Gasteiger partial charge in [-0.1, -0.05) is 20.8 Å². The van der Waals surface area contributed by atoms with Crippen molar-refractivity contribution in [3.05, 3.63) is 23.9 Å². The summed E-state index contributed by atoms with van der Waals surface area (Å²) in [4.78, 5) is 22.0. The molecule has 1 fully saturated rings. The molecule has 0 radical (unpaired) electrons. The van der Waals surface area contributed by atoms with Crippen LogP contribution in [0.5, 0.6) is 5.88 Å². The Morgan fingerprint density at radius 2 is 2.21 bits per heavy atom. The van der Waals surface area contributed by atoms with Gasteiger partial charge in [-0.3, -0.25) is 9.63 Å². The second kappa shape index (κ2) is 5.17. The van der Waals surface area contributed by atoms with E-state index in [0.717, 1.165) is 12.0 Å². The number of rotatable bonds is 2. The Morgan fingerprint density at radius 1 is 1.47 bits per heavy atom. The lowest BCUT2D eigenvalue weighted by Crippen LogP contribution is -2.38. The average molecular weight is 264 g/mol. The van der Waals surface area contributed by atoms with Gasteiger partial charge in [-0.25, -0.2) is 10.0 Å². The number of hydrogen-bond acceptors (Lipinski definition) is 4. The van der Waals surface area contributed by atoms with E-state index in [1.807, 2.05) is 26.8 Å². The summed E-state index contributed by atoms with van der Waals surface area (Å²) < 4.78 is 5.04. The van der Waals surface area contributed by atoms with Crippen LogP contribution >= 0.6 is 0 Å². The summed E-state index contributed by atoms with van der Waals surface area (Å²) in [5.74, 6) is 0.558. The molecule has 1 atom stereocenters. The molecule has 0 saturated carbocycles. The second-order valence-corrected chi connectivity index (χ2v) is 5.65. The van der Waals surface area contributed by atoms with Crippen LogP contribution in [0.3, 0.4) is 0 Å². The number of nitrogens with zero attached hydrogens (tertiary/aromatic N) is 2. The highest BCUT2D eigenvalue weighted by molar-refractivity contribution is 5.81. The first kappa shape index (κ1) is 13.8. The molecule has 1 aromatic rings. The molecule has 5 nitrogen and oxygen atoms in total. The molecule has 1 aliphatic rings. The van der Waals surface area contributed by atoms with Crippen LogP contribution in [0.1, 0.15) is 38.8 Å². The SMILES string of the molecule is COc1ccc([C@@H]2CCON2C(=O)C(C)(C)C)cn1. The summed E-state index contributed by atoms with van der Waals surface area (Å²) in [6, 6.07) is 3.66. The minimum atomic E-state index is -0.456. The van der Waals surface area contributed by atoms with Crippen molar-refractivity contribution in [3.8, 4) is 5.88 Å². The topological polar surface area (TPSA) is 51.7 Å². The number of aromatic nitrogens is 1. The minimum absolute atomic E-state index is 0.00850. The van der Waals surface area contributed by atoms with Gasteiger partial charge in [0.2, 0.25) is 5.88 Å². The number of carbonyl (C=O) groups is 1. The minimum Gasteiger partial charge on any atom is -0.481 e. The highest BCUT2D eigenvalue weighted by Crippen LogP contribution is 2.34. The molecule has 104 valence electrons. The Labute approximate surface area is 113 Å². The van der Waals surface area contributed by atoms with Gasteiger partial charge in [0.25, 0.3) is 5.91 Å². The number of pyridine rings is 1. The maximum Gasteiger partial charge on any atom is 0.252 e. The summed E-state index contributed by atoms with van der Waals surface area (Å²) in [6.07, 6.45) is 2.52. The molecule has 0 bridgehead atoms. The molecular formula is C14H20N2O3. The van der Waals surface area contributed by atoms with Gasteiger partial charge in [0.05, 0.1) is 19.8 Å². The molecule has 2 rings (SSSR count). The van der Waals surface area contributed by atoms with Crippen molar-refractivity contribution in [3.63, 3.8) is 0 Å². The quantitative estimate of drug-likeness (QED) is 0.822. The molecular weight excluding hydrogens is 244 g/mol. The van der Waals surface area contributed by atoms with Crippen molar-refractivity contribution >= 4 is 5.91 Å². The lowest BCUT2D eigenvalue weighted by Gasteiger charge is -2.29. The number of hydroxylamine groups is 2. The van der Waals surface area contributed by atoms with E-state index in [1.54, 1.807) is 19.4 Å². The monoisotopic (exact) mass is 264 g/mol. The lowest BCUT2D eigenvalue weighted by molar-refractivity contribution is -0.186. The van der Waals surface area contributed by atoms with E-state index in [4.69, 9.17) is 9.57 Å². The molecule has 5 heteroatoms. The fraction of sp³-hybridized carbons (Fsp3) is 0.571. The standard InChI is InChI=1S/C14H20N2O3/c1-14(2,3)13(17)16-11(7-8-19-16)10-5-6-12(18-4)15-9-10/h5-6,9,11H,7-8H2,1-4H3/t11-/m0/s1. The fourth-order valence-corrected chi connectivity index (χ4v) is 2.01. The van der Waals surface area contributed by atoms with Gasteiger partial charge in [-0.2, -0.15) is 0 Å². The first-order chi connectivity index (χ1) is 8.93. The van der Waals surface area contributed by atoms with Crippen LogP contribution in [0, 0.1) is 5.41 Å². The molecule has 0 spiro atoms. The Bertz CT molecular complexity index is 451. The largest absolute Gasteiger partial charge is 0.481 e. The molecule has 0 aliphatic carbocycles. The van der Waals surface area contributed by atoms with E-state index < -0.39 is 5.41 Å². The van der Waals surface area contributed by atoms with Gasteiger partial charge in [0, 0.05) is 24.1 Å². The summed E-state index contributed by atoms with van der Waals surface area (Å²) in [6.45, 7) is 6.22. The Balaban J connectivity index is 2.20. The number of carbonyl (C=O) groups excluding carboxylic acids is 1. The summed E-state index contributed by atoms with van der Waals surface area (Å²) in [5, 5.41) is 1.49. The van der Waals surface area contributed by atoms with Crippen LogP contribution in [0.25, 0.3) is 0 Å². The highest BCUT2D eigenvalue weighted by Gasteiger charge is 2.37. The van der Waals surface area contributed by atoms with Crippen molar-refractivity contribution in [2.75, 3.05) is 13.7 Å². The van der Waals surface area contributed by atoms with Crippen LogP contribution < -0.4 is 4.74 Å². The second-order valence-electron chi connectivity index (χ2n) is 5.65. The van der Waals surface area contributed by atoms with Crippen LogP contribution in [0.4, 0.5) is 0 Å². The fourth-order valence-electron chi connectivity index (χ4n) is 2.01. The molecule has 0 unspecified atom stereocenters. The van der Waals surface area contributed by atoms with Gasteiger partial charge in [0.15, 0.2) is 0 Å². The predicted octanol–water partition coefficient (Wildman–Crippen LogP) is 2.34. The third-order valence-corrected chi connectivity index (χ3v) is 3.10. The summed E-state index contributed by atoms with van der Waals surface area (Å²) in [5.41, 5.74) is 0.513. The Hall–Kier alpha value is -1.62. The average Bonchev–Trinajstić information content (AvgIpc) is 2.85.